The van der Waals surface area contributed by atoms with Crippen LogP contribution in [-0.2, 0) is 16.0 Å². The molecule has 1 fully saturated rings. The topological polar surface area (TPSA) is 57.6 Å². The molecule has 0 aromatic heterocycles. The average Bonchev–Trinajstić information content (AvgIpc) is 2.54. The number of carbonyl (C=O) groups excluding carboxylic acids is 1. The summed E-state index contributed by atoms with van der Waals surface area (Å²) in [5.41, 5.74) is 1.03. The minimum absolute atomic E-state index is 0.00211. The van der Waals surface area contributed by atoms with E-state index in [1.54, 1.807) is 0 Å². The van der Waals surface area contributed by atoms with Crippen molar-refractivity contribution < 1.29 is 14.7 Å². The highest BCUT2D eigenvalue weighted by Crippen LogP contribution is 2.25. The highest BCUT2D eigenvalue weighted by molar-refractivity contribution is 5.90. The molecule has 0 aliphatic carbocycles. The van der Waals surface area contributed by atoms with Crippen LogP contribution in [0.1, 0.15) is 18.9 Å². The Bertz CT molecular complexity index is 735. The fourth-order valence-corrected chi connectivity index (χ4v) is 3.46. The summed E-state index contributed by atoms with van der Waals surface area (Å²) < 4.78 is 0. The minimum atomic E-state index is -0.751. The molecule has 1 N–H and O–H groups in total. The normalized spacial score (nSPS) is 21.3. The molecule has 1 heterocycles. The van der Waals surface area contributed by atoms with Crippen LogP contribution < -0.4 is 0 Å². The Morgan fingerprint density at radius 3 is 2.65 bits per heavy atom. The third kappa shape index (κ3) is 3.21. The second-order valence-corrected chi connectivity index (χ2v) is 6.37. The summed E-state index contributed by atoms with van der Waals surface area (Å²) in [5, 5.41) is 11.4. The molecule has 3 rings (SSSR count). The Morgan fingerprint density at radius 2 is 1.91 bits per heavy atom. The van der Waals surface area contributed by atoms with Crippen LogP contribution in [0, 0.1) is 11.8 Å². The number of nitrogens with zero attached hydrogens (tertiary/aromatic N) is 1. The van der Waals surface area contributed by atoms with Crippen molar-refractivity contribution in [3.63, 3.8) is 0 Å². The zero-order valence-electron chi connectivity index (χ0n) is 13.2. The summed E-state index contributed by atoms with van der Waals surface area (Å²) in [6.07, 6.45) is 0.906. The van der Waals surface area contributed by atoms with Gasteiger partial charge in [-0.3, -0.25) is 9.59 Å². The monoisotopic (exact) mass is 311 g/mol. The number of aliphatic carboxylic acids is 1. The minimum Gasteiger partial charge on any atom is -0.481 e. The lowest BCUT2D eigenvalue weighted by atomic mass is 9.87. The van der Waals surface area contributed by atoms with Gasteiger partial charge in [0.05, 0.1) is 12.3 Å². The summed E-state index contributed by atoms with van der Waals surface area (Å²) in [6, 6.07) is 14.1. The standard InChI is InChI=1S/C19H21NO3/c1-13-12-20(10-9-16(13)19(22)23)18(21)11-15-7-4-6-14-5-2-3-8-17(14)15/h2-8,13,16H,9-12H2,1H3,(H,22,23). The van der Waals surface area contributed by atoms with Gasteiger partial charge in [-0.1, -0.05) is 49.4 Å². The Morgan fingerprint density at radius 1 is 1.17 bits per heavy atom. The third-order valence-electron chi connectivity index (χ3n) is 4.80. The van der Waals surface area contributed by atoms with Gasteiger partial charge in [0.15, 0.2) is 0 Å². The molecule has 1 amide bonds. The van der Waals surface area contributed by atoms with Gasteiger partial charge >= 0.3 is 5.97 Å². The summed E-state index contributed by atoms with van der Waals surface area (Å²) in [7, 11) is 0. The van der Waals surface area contributed by atoms with Gasteiger partial charge in [-0.15, -0.1) is 0 Å². The first kappa shape index (κ1) is 15.5. The van der Waals surface area contributed by atoms with Gasteiger partial charge in [-0.2, -0.15) is 0 Å². The first-order valence-electron chi connectivity index (χ1n) is 8.03. The van der Waals surface area contributed by atoms with Crippen molar-refractivity contribution in [2.45, 2.75) is 19.8 Å². The Hall–Kier alpha value is -2.36. The molecule has 1 aliphatic rings. The molecule has 23 heavy (non-hydrogen) atoms. The Balaban J connectivity index is 1.73. The lowest BCUT2D eigenvalue weighted by molar-refractivity contribution is -0.148. The molecular formula is C19H21NO3. The maximum absolute atomic E-state index is 12.6. The number of carbonyl (C=O) groups is 2. The van der Waals surface area contributed by atoms with E-state index in [2.05, 4.69) is 0 Å². The molecule has 2 atom stereocenters. The number of hydrogen-bond donors (Lipinski definition) is 1. The van der Waals surface area contributed by atoms with E-state index in [-0.39, 0.29) is 17.7 Å². The number of carboxylic acids is 1. The number of likely N-dealkylation sites (tertiary alicyclic amines) is 1. The lowest BCUT2D eigenvalue weighted by Crippen LogP contribution is -2.45. The van der Waals surface area contributed by atoms with Crippen LogP contribution in [0.4, 0.5) is 0 Å². The van der Waals surface area contributed by atoms with Crippen LogP contribution in [0.15, 0.2) is 42.5 Å². The Kier molecular flexibility index (Phi) is 4.33. The molecule has 2 aromatic carbocycles. The van der Waals surface area contributed by atoms with Gasteiger partial charge in [0, 0.05) is 13.1 Å². The van der Waals surface area contributed by atoms with Gasteiger partial charge in [-0.05, 0) is 28.7 Å². The molecule has 0 saturated carbocycles. The smallest absolute Gasteiger partial charge is 0.306 e. The molecule has 4 heteroatoms. The van der Waals surface area contributed by atoms with Crippen LogP contribution in [0.3, 0.4) is 0 Å². The van der Waals surface area contributed by atoms with E-state index in [0.717, 1.165) is 16.3 Å². The van der Waals surface area contributed by atoms with Crippen molar-refractivity contribution in [3.8, 4) is 0 Å². The number of carboxylic acid groups (broad SMARTS) is 1. The number of piperidine rings is 1. The summed E-state index contributed by atoms with van der Waals surface area (Å²) in [4.78, 5) is 25.6. The van der Waals surface area contributed by atoms with Crippen molar-refractivity contribution in [2.75, 3.05) is 13.1 Å². The van der Waals surface area contributed by atoms with E-state index < -0.39 is 5.97 Å². The van der Waals surface area contributed by atoms with Gasteiger partial charge < -0.3 is 10.0 Å². The fourth-order valence-electron chi connectivity index (χ4n) is 3.46. The van der Waals surface area contributed by atoms with Crippen LogP contribution in [0.25, 0.3) is 10.8 Å². The molecule has 0 spiro atoms. The third-order valence-corrected chi connectivity index (χ3v) is 4.80. The number of benzene rings is 2. The Labute approximate surface area is 135 Å². The fraction of sp³-hybridized carbons (Fsp3) is 0.368. The number of hydrogen-bond acceptors (Lipinski definition) is 2. The average molecular weight is 311 g/mol. The quantitative estimate of drug-likeness (QED) is 0.948. The van der Waals surface area contributed by atoms with Gasteiger partial charge in [0.2, 0.25) is 5.91 Å². The van der Waals surface area contributed by atoms with Crippen LogP contribution in [0.5, 0.6) is 0 Å². The number of amides is 1. The molecule has 2 aromatic rings. The summed E-state index contributed by atoms with van der Waals surface area (Å²) >= 11 is 0. The van der Waals surface area contributed by atoms with Crippen molar-refractivity contribution in [1.29, 1.82) is 0 Å². The first-order valence-corrected chi connectivity index (χ1v) is 8.03. The van der Waals surface area contributed by atoms with Crippen molar-refractivity contribution in [3.05, 3.63) is 48.0 Å². The maximum Gasteiger partial charge on any atom is 0.306 e. The zero-order chi connectivity index (χ0) is 16.4. The molecule has 0 radical (unpaired) electrons. The van der Waals surface area contributed by atoms with E-state index in [1.165, 1.54) is 0 Å². The molecule has 120 valence electrons. The number of rotatable bonds is 3. The second kappa shape index (κ2) is 6.41. The van der Waals surface area contributed by atoms with Gasteiger partial charge in [0.25, 0.3) is 0 Å². The van der Waals surface area contributed by atoms with Crippen molar-refractivity contribution in [1.82, 2.24) is 4.90 Å². The van der Waals surface area contributed by atoms with Crippen LogP contribution >= 0.6 is 0 Å². The zero-order valence-corrected chi connectivity index (χ0v) is 13.2. The summed E-state index contributed by atoms with van der Waals surface area (Å²) in [6.45, 7) is 2.97. The van der Waals surface area contributed by atoms with E-state index in [9.17, 15) is 14.7 Å². The maximum atomic E-state index is 12.6. The van der Waals surface area contributed by atoms with Gasteiger partial charge in [-0.25, -0.2) is 0 Å². The van der Waals surface area contributed by atoms with E-state index in [0.29, 0.717) is 25.9 Å². The number of fused-ring (bicyclic) bond motifs is 1. The van der Waals surface area contributed by atoms with Gasteiger partial charge in [0.1, 0.15) is 0 Å². The SMILES string of the molecule is CC1CN(C(=O)Cc2cccc3ccccc23)CCC1C(=O)O. The predicted octanol–water partition coefficient (Wildman–Crippen LogP) is 2.95. The van der Waals surface area contributed by atoms with E-state index in [4.69, 9.17) is 0 Å². The molecule has 0 bridgehead atoms. The van der Waals surface area contributed by atoms with Crippen LogP contribution in [-0.4, -0.2) is 35.0 Å². The highest BCUT2D eigenvalue weighted by Gasteiger charge is 2.32. The lowest BCUT2D eigenvalue weighted by Gasteiger charge is -2.35. The molecule has 2 unspecified atom stereocenters. The second-order valence-electron chi connectivity index (χ2n) is 6.37. The molecule has 4 nitrogen and oxygen atoms in total. The van der Waals surface area contributed by atoms with Crippen molar-refractivity contribution in [2.24, 2.45) is 11.8 Å². The summed E-state index contributed by atoms with van der Waals surface area (Å²) in [5.74, 6) is -1.01. The molecule has 1 saturated heterocycles. The predicted molar refractivity (Wildman–Crippen MR) is 89.1 cm³/mol. The van der Waals surface area contributed by atoms with E-state index in [1.807, 2.05) is 54.3 Å². The van der Waals surface area contributed by atoms with Crippen molar-refractivity contribution >= 4 is 22.6 Å². The largest absolute Gasteiger partial charge is 0.481 e. The molecule has 1 aliphatic heterocycles. The first-order chi connectivity index (χ1) is 11.1. The highest BCUT2D eigenvalue weighted by atomic mass is 16.4. The van der Waals surface area contributed by atoms with E-state index >= 15 is 0 Å². The molecular weight excluding hydrogens is 290 g/mol. The van der Waals surface area contributed by atoms with Crippen LogP contribution in [0.2, 0.25) is 0 Å².